The summed E-state index contributed by atoms with van der Waals surface area (Å²) in [5, 5.41) is 20.9. The van der Waals surface area contributed by atoms with E-state index in [0.29, 0.717) is 29.0 Å². The van der Waals surface area contributed by atoms with Crippen molar-refractivity contribution in [2.45, 2.75) is 74.3 Å². The van der Waals surface area contributed by atoms with Crippen LogP contribution in [0.15, 0.2) is 21.9 Å². The van der Waals surface area contributed by atoms with Gasteiger partial charge in [-0.3, -0.25) is 4.79 Å². The molecule has 1 saturated carbocycles. The van der Waals surface area contributed by atoms with Gasteiger partial charge >= 0.3 is 5.97 Å². The summed E-state index contributed by atoms with van der Waals surface area (Å²) in [6.07, 6.45) is 13.2. The molecule has 2 fully saturated rings. The molecule has 0 bridgehead atoms. The SMILES string of the molecule is O=C(O)c1csc(SCCN2C(=O)CC[C@@H]2/C=C/[C@@H](O)CC2CCCCCC2)n1. The Hall–Kier alpha value is -1.38. The van der Waals surface area contributed by atoms with Crippen molar-refractivity contribution >= 4 is 35.0 Å². The van der Waals surface area contributed by atoms with Crippen LogP contribution in [0.3, 0.4) is 0 Å². The first-order chi connectivity index (χ1) is 14.0. The van der Waals surface area contributed by atoms with E-state index in [4.69, 9.17) is 5.11 Å². The molecule has 0 spiro atoms. The number of aliphatic hydroxyl groups is 1. The molecule has 160 valence electrons. The highest BCUT2D eigenvalue weighted by molar-refractivity contribution is 8.01. The van der Waals surface area contributed by atoms with Crippen LogP contribution in [0.4, 0.5) is 0 Å². The molecular formula is C21H30N2O4S2. The lowest BCUT2D eigenvalue weighted by Crippen LogP contribution is -2.33. The van der Waals surface area contributed by atoms with Crippen molar-refractivity contribution in [3.8, 4) is 0 Å². The Morgan fingerprint density at radius 3 is 2.76 bits per heavy atom. The summed E-state index contributed by atoms with van der Waals surface area (Å²) in [5.41, 5.74) is 0.0678. The summed E-state index contributed by atoms with van der Waals surface area (Å²) in [7, 11) is 0. The van der Waals surface area contributed by atoms with Gasteiger partial charge in [0.15, 0.2) is 10.0 Å². The molecule has 6 nitrogen and oxygen atoms in total. The maximum absolute atomic E-state index is 12.2. The van der Waals surface area contributed by atoms with Crippen LogP contribution in [0, 0.1) is 5.92 Å². The Morgan fingerprint density at radius 1 is 1.31 bits per heavy atom. The van der Waals surface area contributed by atoms with Gasteiger partial charge in [0.1, 0.15) is 0 Å². The first-order valence-electron chi connectivity index (χ1n) is 10.5. The third-order valence-electron chi connectivity index (χ3n) is 5.74. The fourth-order valence-corrected chi connectivity index (χ4v) is 5.98. The Labute approximate surface area is 180 Å². The third kappa shape index (κ3) is 6.83. The van der Waals surface area contributed by atoms with E-state index in [1.165, 1.54) is 67.0 Å². The number of likely N-dealkylation sites (tertiary alicyclic amines) is 1. The van der Waals surface area contributed by atoms with Gasteiger partial charge < -0.3 is 15.1 Å². The molecule has 3 rings (SSSR count). The molecule has 1 aliphatic carbocycles. The van der Waals surface area contributed by atoms with Gasteiger partial charge in [0, 0.05) is 24.1 Å². The predicted octanol–water partition coefficient (Wildman–Crippen LogP) is 4.20. The van der Waals surface area contributed by atoms with Crippen LogP contribution in [-0.2, 0) is 4.79 Å². The van der Waals surface area contributed by atoms with Crippen LogP contribution in [-0.4, -0.2) is 56.4 Å². The minimum Gasteiger partial charge on any atom is -0.476 e. The predicted molar refractivity (Wildman–Crippen MR) is 115 cm³/mol. The van der Waals surface area contributed by atoms with E-state index in [-0.39, 0.29) is 17.6 Å². The molecule has 8 heteroatoms. The zero-order valence-electron chi connectivity index (χ0n) is 16.7. The summed E-state index contributed by atoms with van der Waals surface area (Å²) in [4.78, 5) is 29.1. The number of aromatic nitrogens is 1. The van der Waals surface area contributed by atoms with E-state index in [1.54, 1.807) is 0 Å². The van der Waals surface area contributed by atoms with Crippen LogP contribution in [0.2, 0.25) is 0 Å². The maximum Gasteiger partial charge on any atom is 0.355 e. The van der Waals surface area contributed by atoms with E-state index in [2.05, 4.69) is 4.98 Å². The number of hydrogen-bond acceptors (Lipinski definition) is 6. The quantitative estimate of drug-likeness (QED) is 0.341. The standard InChI is InChI=1S/C21H30N2O4S2/c24-17(13-15-5-3-1-2-4-6-15)9-7-16-8-10-19(25)23(16)11-12-28-21-22-18(14-29-21)20(26)27/h7,9,14-17,24H,1-6,8,10-13H2,(H,26,27)/b9-7+/t16-,17+/m0/s1. The minimum absolute atomic E-state index is 0.0396. The summed E-state index contributed by atoms with van der Waals surface area (Å²) < 4.78 is 0.708. The summed E-state index contributed by atoms with van der Waals surface area (Å²) in [6, 6.07) is 0.0396. The molecular weight excluding hydrogens is 408 g/mol. The van der Waals surface area contributed by atoms with E-state index >= 15 is 0 Å². The second kappa shape index (κ2) is 11.1. The number of rotatable bonds is 9. The number of aliphatic hydroxyl groups excluding tert-OH is 1. The van der Waals surface area contributed by atoms with E-state index < -0.39 is 12.1 Å². The molecule has 29 heavy (non-hydrogen) atoms. The monoisotopic (exact) mass is 438 g/mol. The third-order valence-corrected chi connectivity index (χ3v) is 7.74. The molecule has 1 aliphatic heterocycles. The Kier molecular flexibility index (Phi) is 8.56. The average molecular weight is 439 g/mol. The maximum atomic E-state index is 12.2. The number of carbonyl (C=O) groups excluding carboxylic acids is 1. The first kappa shape index (κ1) is 22.3. The number of carbonyl (C=O) groups is 2. The van der Waals surface area contributed by atoms with Gasteiger partial charge in [-0.2, -0.15) is 0 Å². The van der Waals surface area contributed by atoms with Crippen molar-refractivity contribution < 1.29 is 19.8 Å². The summed E-state index contributed by atoms with van der Waals surface area (Å²) in [5.74, 6) is 0.413. The normalized spacial score (nSPS) is 22.3. The van der Waals surface area contributed by atoms with Crippen LogP contribution in [0.1, 0.15) is 68.3 Å². The fourth-order valence-electron chi connectivity index (χ4n) is 4.18. The largest absolute Gasteiger partial charge is 0.476 e. The van der Waals surface area contributed by atoms with Gasteiger partial charge in [0.25, 0.3) is 0 Å². The van der Waals surface area contributed by atoms with Gasteiger partial charge in [0.05, 0.1) is 12.1 Å². The van der Waals surface area contributed by atoms with Gasteiger partial charge in [0.2, 0.25) is 5.91 Å². The van der Waals surface area contributed by atoms with Crippen LogP contribution >= 0.6 is 23.1 Å². The van der Waals surface area contributed by atoms with Crippen molar-refractivity contribution in [1.82, 2.24) is 9.88 Å². The number of aromatic carboxylic acids is 1. The number of amides is 1. The van der Waals surface area contributed by atoms with Crippen LogP contribution < -0.4 is 0 Å². The lowest BCUT2D eigenvalue weighted by molar-refractivity contribution is -0.128. The van der Waals surface area contributed by atoms with Gasteiger partial charge in [-0.25, -0.2) is 9.78 Å². The molecule has 1 aromatic rings. The number of thioether (sulfide) groups is 1. The second-order valence-electron chi connectivity index (χ2n) is 7.89. The fraction of sp³-hybridized carbons (Fsp3) is 0.667. The molecule has 2 atom stereocenters. The lowest BCUT2D eigenvalue weighted by atomic mass is 9.93. The van der Waals surface area contributed by atoms with Crippen molar-refractivity contribution in [2.75, 3.05) is 12.3 Å². The highest BCUT2D eigenvalue weighted by Gasteiger charge is 2.29. The van der Waals surface area contributed by atoms with Crippen LogP contribution in [0.25, 0.3) is 0 Å². The topological polar surface area (TPSA) is 90.7 Å². The lowest BCUT2D eigenvalue weighted by Gasteiger charge is -2.22. The first-order valence-corrected chi connectivity index (χ1v) is 12.4. The molecule has 2 aliphatic rings. The molecule has 2 heterocycles. The minimum atomic E-state index is -1.02. The smallest absolute Gasteiger partial charge is 0.355 e. The molecule has 0 radical (unpaired) electrons. The number of thiazole rings is 1. The average Bonchev–Trinajstić information content (AvgIpc) is 3.21. The van der Waals surface area contributed by atoms with Gasteiger partial charge in [-0.15, -0.1) is 11.3 Å². The number of nitrogens with zero attached hydrogens (tertiary/aromatic N) is 2. The molecule has 0 aromatic carbocycles. The molecule has 1 aromatic heterocycles. The summed E-state index contributed by atoms with van der Waals surface area (Å²) in [6.45, 7) is 0.596. The molecule has 1 amide bonds. The zero-order chi connectivity index (χ0) is 20.6. The number of carboxylic acids is 1. The van der Waals surface area contributed by atoms with E-state index in [9.17, 15) is 14.7 Å². The Balaban J connectivity index is 1.46. The van der Waals surface area contributed by atoms with Crippen molar-refractivity contribution in [3.05, 3.63) is 23.2 Å². The highest BCUT2D eigenvalue weighted by Crippen LogP contribution is 2.28. The van der Waals surface area contributed by atoms with Crippen molar-refractivity contribution in [3.63, 3.8) is 0 Å². The highest BCUT2D eigenvalue weighted by atomic mass is 32.2. The van der Waals surface area contributed by atoms with Crippen LogP contribution in [0.5, 0.6) is 0 Å². The molecule has 1 saturated heterocycles. The molecule has 2 N–H and O–H groups in total. The Morgan fingerprint density at radius 2 is 2.07 bits per heavy atom. The molecule has 0 unspecified atom stereocenters. The number of carboxylic acid groups (broad SMARTS) is 1. The number of hydrogen-bond donors (Lipinski definition) is 2. The van der Waals surface area contributed by atoms with Crippen molar-refractivity contribution in [1.29, 1.82) is 0 Å². The van der Waals surface area contributed by atoms with E-state index in [1.807, 2.05) is 17.1 Å². The second-order valence-corrected chi connectivity index (χ2v) is 10.1. The van der Waals surface area contributed by atoms with E-state index in [0.717, 1.165) is 12.8 Å². The van der Waals surface area contributed by atoms with Gasteiger partial charge in [-0.1, -0.05) is 62.4 Å². The zero-order valence-corrected chi connectivity index (χ0v) is 18.3. The summed E-state index contributed by atoms with van der Waals surface area (Å²) >= 11 is 2.79. The van der Waals surface area contributed by atoms with Crippen molar-refractivity contribution in [2.24, 2.45) is 5.92 Å². The Bertz CT molecular complexity index is 713. The van der Waals surface area contributed by atoms with Gasteiger partial charge in [-0.05, 0) is 18.8 Å².